The van der Waals surface area contributed by atoms with E-state index in [0.717, 1.165) is 12.1 Å². The Morgan fingerprint density at radius 1 is 1.07 bits per heavy atom. The van der Waals surface area contributed by atoms with E-state index in [1.165, 1.54) is 12.1 Å². The number of carbonyl (C=O) groups is 1. The third-order valence-electron chi connectivity index (χ3n) is 4.91. The molecule has 6 heteroatoms. The molecule has 3 rings (SSSR count). The van der Waals surface area contributed by atoms with Gasteiger partial charge in [-0.3, -0.25) is 9.69 Å². The van der Waals surface area contributed by atoms with Crippen molar-refractivity contribution in [3.05, 3.63) is 64.9 Å². The zero-order valence-corrected chi connectivity index (χ0v) is 16.3. The van der Waals surface area contributed by atoms with E-state index in [1.807, 2.05) is 17.0 Å². The predicted octanol–water partition coefficient (Wildman–Crippen LogP) is 3.98. The van der Waals surface area contributed by atoms with Gasteiger partial charge in [-0.2, -0.15) is 0 Å². The molecule has 144 valence electrons. The molecule has 1 amide bonds. The Morgan fingerprint density at radius 3 is 2.26 bits per heavy atom. The fraction of sp³-hybridized carbons (Fsp3) is 0.381. The highest BCUT2D eigenvalue weighted by molar-refractivity contribution is 6.30. The summed E-state index contributed by atoms with van der Waals surface area (Å²) in [6.45, 7) is 6.27. The normalized spacial score (nSPS) is 20.5. The minimum Gasteiger partial charge on any atom is -0.484 e. The maximum Gasteiger partial charge on any atom is 0.260 e. The Bertz CT molecular complexity index is 755. The van der Waals surface area contributed by atoms with Gasteiger partial charge in [0.2, 0.25) is 0 Å². The molecular formula is C21H24ClFN2O2. The molecule has 1 fully saturated rings. The van der Waals surface area contributed by atoms with Gasteiger partial charge in [0.05, 0.1) is 0 Å². The van der Waals surface area contributed by atoms with Crippen LogP contribution in [0.3, 0.4) is 0 Å². The Balaban J connectivity index is 1.54. The lowest BCUT2D eigenvalue weighted by atomic mass is 10.1. The van der Waals surface area contributed by atoms with E-state index < -0.39 is 0 Å². The Hall–Kier alpha value is -2.11. The molecule has 27 heavy (non-hydrogen) atoms. The van der Waals surface area contributed by atoms with Crippen LogP contribution in [0, 0.1) is 5.82 Å². The van der Waals surface area contributed by atoms with Crippen LogP contribution in [-0.2, 0) is 11.3 Å². The maximum absolute atomic E-state index is 13.1. The molecule has 4 nitrogen and oxygen atoms in total. The van der Waals surface area contributed by atoms with Crippen LogP contribution in [0.1, 0.15) is 19.4 Å². The molecule has 1 aliphatic heterocycles. The van der Waals surface area contributed by atoms with E-state index in [-0.39, 0.29) is 30.4 Å². The summed E-state index contributed by atoms with van der Waals surface area (Å²) in [5, 5.41) is 0.633. The van der Waals surface area contributed by atoms with Gasteiger partial charge in [0.1, 0.15) is 11.6 Å². The van der Waals surface area contributed by atoms with E-state index in [4.69, 9.17) is 16.3 Å². The lowest BCUT2D eigenvalue weighted by Gasteiger charge is -2.44. The topological polar surface area (TPSA) is 32.8 Å². The van der Waals surface area contributed by atoms with Crippen LogP contribution in [-0.4, -0.2) is 47.5 Å². The van der Waals surface area contributed by atoms with Crippen molar-refractivity contribution in [1.82, 2.24) is 9.80 Å². The summed E-state index contributed by atoms with van der Waals surface area (Å²) in [6.07, 6.45) is 0. The van der Waals surface area contributed by atoms with Crippen LogP contribution in [0.4, 0.5) is 4.39 Å². The molecule has 1 aliphatic rings. The third-order valence-corrected chi connectivity index (χ3v) is 5.16. The van der Waals surface area contributed by atoms with Gasteiger partial charge in [0.25, 0.3) is 5.91 Å². The van der Waals surface area contributed by atoms with Crippen LogP contribution in [0.2, 0.25) is 5.02 Å². The van der Waals surface area contributed by atoms with Crippen molar-refractivity contribution in [3.8, 4) is 5.75 Å². The van der Waals surface area contributed by atoms with Crippen molar-refractivity contribution in [2.45, 2.75) is 32.5 Å². The van der Waals surface area contributed by atoms with Crippen molar-refractivity contribution in [1.29, 1.82) is 0 Å². The number of piperazine rings is 1. The average Bonchev–Trinajstić information content (AvgIpc) is 2.65. The summed E-state index contributed by atoms with van der Waals surface area (Å²) in [5.74, 6) is 0.379. The first-order chi connectivity index (χ1) is 12.9. The van der Waals surface area contributed by atoms with Gasteiger partial charge >= 0.3 is 0 Å². The van der Waals surface area contributed by atoms with Crippen molar-refractivity contribution < 1.29 is 13.9 Å². The fourth-order valence-corrected chi connectivity index (χ4v) is 3.57. The van der Waals surface area contributed by atoms with Crippen LogP contribution in [0.25, 0.3) is 0 Å². The summed E-state index contributed by atoms with van der Waals surface area (Å²) < 4.78 is 18.7. The van der Waals surface area contributed by atoms with E-state index in [2.05, 4.69) is 18.7 Å². The summed E-state index contributed by atoms with van der Waals surface area (Å²) >= 11 is 5.85. The number of amides is 1. The second-order valence-corrected chi connectivity index (χ2v) is 7.47. The standard InChI is InChI=1S/C21H24ClFN2O2/c1-15-11-24(21(26)14-27-20-9-5-18(22)6-10-20)12-16(2)25(15)13-17-3-7-19(23)8-4-17/h3-10,15-16H,11-14H2,1-2H3. The minimum atomic E-state index is -0.226. The summed E-state index contributed by atoms with van der Waals surface area (Å²) in [4.78, 5) is 16.7. The molecule has 1 heterocycles. The van der Waals surface area contributed by atoms with E-state index in [0.29, 0.717) is 23.9 Å². The second kappa shape index (κ2) is 8.72. The van der Waals surface area contributed by atoms with E-state index in [1.54, 1.807) is 24.3 Å². The molecule has 2 aromatic rings. The zero-order chi connectivity index (χ0) is 19.4. The van der Waals surface area contributed by atoms with E-state index >= 15 is 0 Å². The number of rotatable bonds is 5. The maximum atomic E-state index is 13.1. The molecular weight excluding hydrogens is 367 g/mol. The summed E-state index contributed by atoms with van der Waals surface area (Å²) in [5.41, 5.74) is 1.07. The Kier molecular flexibility index (Phi) is 6.34. The van der Waals surface area contributed by atoms with Crippen molar-refractivity contribution >= 4 is 17.5 Å². The molecule has 0 saturated carbocycles. The van der Waals surface area contributed by atoms with Gasteiger partial charge in [-0.1, -0.05) is 23.7 Å². The number of hydrogen-bond donors (Lipinski definition) is 0. The first-order valence-electron chi connectivity index (χ1n) is 9.08. The predicted molar refractivity (Wildman–Crippen MR) is 104 cm³/mol. The van der Waals surface area contributed by atoms with Crippen LogP contribution < -0.4 is 4.74 Å². The third kappa shape index (κ3) is 5.21. The fourth-order valence-electron chi connectivity index (χ4n) is 3.44. The number of benzene rings is 2. The molecule has 2 unspecified atom stereocenters. The van der Waals surface area contributed by atoms with Crippen LogP contribution in [0.5, 0.6) is 5.75 Å². The molecule has 0 radical (unpaired) electrons. The average molecular weight is 391 g/mol. The number of ether oxygens (including phenoxy) is 1. The van der Waals surface area contributed by atoms with Crippen molar-refractivity contribution in [2.24, 2.45) is 0 Å². The van der Waals surface area contributed by atoms with Gasteiger partial charge < -0.3 is 9.64 Å². The molecule has 0 bridgehead atoms. The SMILES string of the molecule is CC1CN(C(=O)COc2ccc(Cl)cc2)CC(C)N1Cc1ccc(F)cc1. The highest BCUT2D eigenvalue weighted by Gasteiger charge is 2.31. The molecule has 0 aliphatic carbocycles. The first-order valence-corrected chi connectivity index (χ1v) is 9.46. The number of carbonyl (C=O) groups excluding carboxylic acids is 1. The van der Waals surface area contributed by atoms with Gasteiger partial charge in [0.15, 0.2) is 6.61 Å². The van der Waals surface area contributed by atoms with Crippen LogP contribution in [0.15, 0.2) is 48.5 Å². The number of halogens is 2. The molecule has 2 aromatic carbocycles. The number of hydrogen-bond acceptors (Lipinski definition) is 3. The van der Waals surface area contributed by atoms with Gasteiger partial charge in [0, 0.05) is 36.7 Å². The smallest absolute Gasteiger partial charge is 0.260 e. The molecule has 0 N–H and O–H groups in total. The van der Waals surface area contributed by atoms with Crippen molar-refractivity contribution in [3.63, 3.8) is 0 Å². The second-order valence-electron chi connectivity index (χ2n) is 7.04. The summed E-state index contributed by atoms with van der Waals surface area (Å²) in [7, 11) is 0. The first kappa shape index (κ1) is 19.6. The minimum absolute atomic E-state index is 0.0129. The number of nitrogens with zero attached hydrogens (tertiary/aromatic N) is 2. The highest BCUT2D eigenvalue weighted by Crippen LogP contribution is 2.20. The molecule has 0 spiro atoms. The van der Waals surface area contributed by atoms with Crippen LogP contribution >= 0.6 is 11.6 Å². The Morgan fingerprint density at radius 2 is 1.67 bits per heavy atom. The highest BCUT2D eigenvalue weighted by atomic mass is 35.5. The largest absolute Gasteiger partial charge is 0.484 e. The van der Waals surface area contributed by atoms with E-state index in [9.17, 15) is 9.18 Å². The lowest BCUT2D eigenvalue weighted by Crippen LogP contribution is -2.58. The summed E-state index contributed by atoms with van der Waals surface area (Å²) in [6, 6.07) is 14.0. The molecule has 1 saturated heterocycles. The lowest BCUT2D eigenvalue weighted by molar-refractivity contribution is -0.138. The molecule has 2 atom stereocenters. The monoisotopic (exact) mass is 390 g/mol. The van der Waals surface area contributed by atoms with Gasteiger partial charge in [-0.05, 0) is 55.8 Å². The molecule has 0 aromatic heterocycles. The van der Waals surface area contributed by atoms with Gasteiger partial charge in [-0.25, -0.2) is 4.39 Å². The van der Waals surface area contributed by atoms with Crippen molar-refractivity contribution in [2.75, 3.05) is 19.7 Å². The van der Waals surface area contributed by atoms with Gasteiger partial charge in [-0.15, -0.1) is 0 Å². The Labute approximate surface area is 164 Å². The zero-order valence-electron chi connectivity index (χ0n) is 15.6. The quantitative estimate of drug-likeness (QED) is 0.774.